The molecule has 0 spiro atoms. The molecule has 0 aliphatic rings. The van der Waals surface area contributed by atoms with Crippen LogP contribution in [0.25, 0.3) is 0 Å². The molecule has 1 N–H and O–H groups in total. The predicted octanol–water partition coefficient (Wildman–Crippen LogP) is 1.56. The van der Waals surface area contributed by atoms with Crippen molar-refractivity contribution in [1.29, 1.82) is 0 Å². The first kappa shape index (κ1) is 13.2. The molecule has 0 aliphatic heterocycles. The standard InChI is InChI=1S/C10H17BrN4O/c1-8(10-14-12-7-15(10)2)13-9(16)5-3-4-6-11/h7-8H,3-6H2,1-2H3,(H,13,16). The van der Waals surface area contributed by atoms with Crippen molar-refractivity contribution in [1.82, 2.24) is 20.1 Å². The van der Waals surface area contributed by atoms with Gasteiger partial charge < -0.3 is 9.88 Å². The maximum absolute atomic E-state index is 11.6. The highest BCUT2D eigenvalue weighted by Gasteiger charge is 2.13. The Morgan fingerprint density at radius 1 is 1.62 bits per heavy atom. The van der Waals surface area contributed by atoms with E-state index in [1.807, 2.05) is 18.5 Å². The molecule has 90 valence electrons. The van der Waals surface area contributed by atoms with Gasteiger partial charge in [0.15, 0.2) is 5.82 Å². The molecule has 6 heteroatoms. The molecule has 0 aliphatic carbocycles. The van der Waals surface area contributed by atoms with Gasteiger partial charge in [-0.2, -0.15) is 0 Å². The highest BCUT2D eigenvalue weighted by Crippen LogP contribution is 2.08. The number of carbonyl (C=O) groups excluding carboxylic acids is 1. The van der Waals surface area contributed by atoms with Crippen molar-refractivity contribution in [2.75, 3.05) is 5.33 Å². The first-order chi connectivity index (χ1) is 7.65. The fraction of sp³-hybridized carbons (Fsp3) is 0.700. The molecular formula is C10H17BrN4O. The van der Waals surface area contributed by atoms with Crippen LogP contribution in [0.15, 0.2) is 6.33 Å². The summed E-state index contributed by atoms with van der Waals surface area (Å²) >= 11 is 3.34. The van der Waals surface area contributed by atoms with Gasteiger partial charge in [0, 0.05) is 18.8 Å². The van der Waals surface area contributed by atoms with Crippen LogP contribution in [0.1, 0.15) is 38.1 Å². The molecule has 16 heavy (non-hydrogen) atoms. The van der Waals surface area contributed by atoms with Crippen molar-refractivity contribution in [3.63, 3.8) is 0 Å². The predicted molar refractivity (Wildman–Crippen MR) is 65.2 cm³/mol. The molecular weight excluding hydrogens is 272 g/mol. The Bertz CT molecular complexity index is 339. The topological polar surface area (TPSA) is 59.8 Å². The highest BCUT2D eigenvalue weighted by molar-refractivity contribution is 9.09. The number of hydrogen-bond acceptors (Lipinski definition) is 3. The number of alkyl halides is 1. The fourth-order valence-corrected chi connectivity index (χ4v) is 1.84. The van der Waals surface area contributed by atoms with Crippen LogP contribution in [0.2, 0.25) is 0 Å². The molecule has 1 aromatic heterocycles. The molecule has 1 aromatic rings. The molecule has 0 bridgehead atoms. The molecule has 5 nitrogen and oxygen atoms in total. The molecule has 1 rings (SSSR count). The Balaban J connectivity index is 2.37. The van der Waals surface area contributed by atoms with Crippen LogP contribution in [-0.4, -0.2) is 26.0 Å². The Morgan fingerprint density at radius 2 is 2.38 bits per heavy atom. The van der Waals surface area contributed by atoms with Gasteiger partial charge in [-0.3, -0.25) is 4.79 Å². The number of nitrogens with zero attached hydrogens (tertiary/aromatic N) is 3. The summed E-state index contributed by atoms with van der Waals surface area (Å²) in [6, 6.07) is -0.0935. The largest absolute Gasteiger partial charge is 0.346 e. The van der Waals surface area contributed by atoms with Crippen molar-refractivity contribution in [2.45, 2.75) is 32.2 Å². The van der Waals surface area contributed by atoms with Crippen molar-refractivity contribution < 1.29 is 4.79 Å². The molecule has 0 fully saturated rings. The quantitative estimate of drug-likeness (QED) is 0.638. The molecule has 0 radical (unpaired) electrons. The normalized spacial score (nSPS) is 12.4. The number of hydrogen-bond donors (Lipinski definition) is 1. The van der Waals surface area contributed by atoms with E-state index in [1.54, 1.807) is 6.33 Å². The van der Waals surface area contributed by atoms with E-state index in [-0.39, 0.29) is 11.9 Å². The van der Waals surface area contributed by atoms with Crippen LogP contribution in [0.5, 0.6) is 0 Å². The second-order valence-corrected chi connectivity index (χ2v) is 4.53. The van der Waals surface area contributed by atoms with E-state index in [1.165, 1.54) is 0 Å². The minimum absolute atomic E-state index is 0.0662. The van der Waals surface area contributed by atoms with Crippen LogP contribution in [0.3, 0.4) is 0 Å². The van der Waals surface area contributed by atoms with Gasteiger partial charge in [-0.1, -0.05) is 15.9 Å². The Hall–Kier alpha value is -0.910. The average Bonchev–Trinajstić information content (AvgIpc) is 2.65. The first-order valence-corrected chi connectivity index (χ1v) is 6.46. The van der Waals surface area contributed by atoms with Crippen molar-refractivity contribution in [2.24, 2.45) is 7.05 Å². The lowest BCUT2D eigenvalue weighted by molar-refractivity contribution is -0.121. The highest BCUT2D eigenvalue weighted by atomic mass is 79.9. The van der Waals surface area contributed by atoms with Crippen molar-refractivity contribution in [3.8, 4) is 0 Å². The first-order valence-electron chi connectivity index (χ1n) is 5.34. The van der Waals surface area contributed by atoms with Crippen LogP contribution < -0.4 is 5.32 Å². The smallest absolute Gasteiger partial charge is 0.220 e. The summed E-state index contributed by atoms with van der Waals surface area (Å²) in [7, 11) is 1.86. The van der Waals surface area contributed by atoms with E-state index in [2.05, 4.69) is 31.4 Å². The van der Waals surface area contributed by atoms with Gasteiger partial charge >= 0.3 is 0 Å². The molecule has 1 atom stereocenters. The summed E-state index contributed by atoms with van der Waals surface area (Å²) in [5.74, 6) is 0.838. The molecule has 1 amide bonds. The van der Waals surface area contributed by atoms with E-state index in [4.69, 9.17) is 0 Å². The van der Waals surface area contributed by atoms with E-state index in [0.29, 0.717) is 6.42 Å². The van der Waals surface area contributed by atoms with Crippen LogP contribution in [0, 0.1) is 0 Å². The third-order valence-corrected chi connectivity index (χ3v) is 2.86. The number of carbonyl (C=O) groups is 1. The third kappa shape index (κ3) is 3.92. The maximum Gasteiger partial charge on any atom is 0.220 e. The minimum Gasteiger partial charge on any atom is -0.346 e. The van der Waals surface area contributed by atoms with E-state index < -0.39 is 0 Å². The monoisotopic (exact) mass is 288 g/mol. The molecule has 0 saturated heterocycles. The third-order valence-electron chi connectivity index (χ3n) is 2.30. The summed E-state index contributed by atoms with van der Waals surface area (Å²) in [6.07, 6.45) is 4.12. The molecule has 1 heterocycles. The number of aryl methyl sites for hydroxylation is 1. The zero-order valence-corrected chi connectivity index (χ0v) is 11.2. The zero-order valence-electron chi connectivity index (χ0n) is 9.61. The number of halogens is 1. The lowest BCUT2D eigenvalue weighted by atomic mass is 10.2. The Kier molecular flexibility index (Phi) is 5.45. The zero-order chi connectivity index (χ0) is 12.0. The lowest BCUT2D eigenvalue weighted by Crippen LogP contribution is -2.28. The van der Waals surface area contributed by atoms with E-state index >= 15 is 0 Å². The van der Waals surface area contributed by atoms with Gasteiger partial charge in [0.25, 0.3) is 0 Å². The average molecular weight is 289 g/mol. The van der Waals surface area contributed by atoms with Crippen LogP contribution >= 0.6 is 15.9 Å². The van der Waals surface area contributed by atoms with Crippen molar-refractivity contribution in [3.05, 3.63) is 12.2 Å². The number of amides is 1. The summed E-state index contributed by atoms with van der Waals surface area (Å²) in [5.41, 5.74) is 0. The van der Waals surface area contributed by atoms with E-state index in [0.717, 1.165) is 24.0 Å². The summed E-state index contributed by atoms with van der Waals surface area (Å²) in [5, 5.41) is 11.6. The van der Waals surface area contributed by atoms with Gasteiger partial charge in [0.2, 0.25) is 5.91 Å². The van der Waals surface area contributed by atoms with Gasteiger partial charge in [-0.15, -0.1) is 10.2 Å². The fourth-order valence-electron chi connectivity index (χ4n) is 1.44. The molecule has 0 aromatic carbocycles. The Labute approximate surface area is 104 Å². The summed E-state index contributed by atoms with van der Waals surface area (Å²) in [6.45, 7) is 1.91. The van der Waals surface area contributed by atoms with E-state index in [9.17, 15) is 4.79 Å². The number of aromatic nitrogens is 3. The van der Waals surface area contributed by atoms with Crippen LogP contribution in [0.4, 0.5) is 0 Å². The molecule has 0 saturated carbocycles. The lowest BCUT2D eigenvalue weighted by Gasteiger charge is -2.12. The van der Waals surface area contributed by atoms with Gasteiger partial charge in [-0.25, -0.2) is 0 Å². The van der Waals surface area contributed by atoms with Gasteiger partial charge in [0.05, 0.1) is 6.04 Å². The van der Waals surface area contributed by atoms with Crippen molar-refractivity contribution >= 4 is 21.8 Å². The maximum atomic E-state index is 11.6. The summed E-state index contributed by atoms with van der Waals surface area (Å²) in [4.78, 5) is 11.6. The second-order valence-electron chi connectivity index (χ2n) is 3.74. The Morgan fingerprint density at radius 3 is 2.94 bits per heavy atom. The molecule has 1 unspecified atom stereocenters. The van der Waals surface area contributed by atoms with Gasteiger partial charge in [0.1, 0.15) is 6.33 Å². The minimum atomic E-state index is -0.0935. The van der Waals surface area contributed by atoms with Crippen LogP contribution in [-0.2, 0) is 11.8 Å². The number of unbranched alkanes of at least 4 members (excludes halogenated alkanes) is 1. The summed E-state index contributed by atoms with van der Waals surface area (Å²) < 4.78 is 1.81. The second kappa shape index (κ2) is 6.62. The number of rotatable bonds is 6. The SMILES string of the molecule is CC(NC(=O)CCCCBr)c1nncn1C. The van der Waals surface area contributed by atoms with Gasteiger partial charge in [-0.05, 0) is 19.8 Å². The number of nitrogens with one attached hydrogen (secondary N) is 1.